The van der Waals surface area contributed by atoms with Gasteiger partial charge in [-0.2, -0.15) is 0 Å². The Morgan fingerprint density at radius 1 is 1.28 bits per heavy atom. The molecule has 2 rings (SSSR count). The van der Waals surface area contributed by atoms with Gasteiger partial charge in [0.05, 0.1) is 0 Å². The Morgan fingerprint density at radius 3 is 2.83 bits per heavy atom. The third-order valence-corrected chi connectivity index (χ3v) is 2.46. The minimum atomic E-state index is -0.539. The van der Waals surface area contributed by atoms with Gasteiger partial charge in [-0.05, 0) is 29.8 Å². The van der Waals surface area contributed by atoms with Crippen molar-refractivity contribution in [2.24, 2.45) is 5.73 Å². The van der Waals surface area contributed by atoms with E-state index in [1.165, 1.54) is 0 Å². The van der Waals surface area contributed by atoms with Crippen molar-refractivity contribution in [2.45, 2.75) is 6.54 Å². The molecule has 0 unspecified atom stereocenters. The van der Waals surface area contributed by atoms with Crippen molar-refractivity contribution >= 4 is 17.3 Å². The lowest BCUT2D eigenvalue weighted by Crippen LogP contribution is -2.13. The number of nitrogens with one attached hydrogen (secondary N) is 1. The number of amides is 1. The highest BCUT2D eigenvalue weighted by molar-refractivity contribution is 5.91. The molecular formula is C13H14N4O. The first-order chi connectivity index (χ1) is 8.65. The Bertz CT molecular complexity index is 568. The molecule has 5 heteroatoms. The molecule has 0 spiro atoms. The standard InChI is InChI=1S/C13H14N4O/c14-10-3-1-2-9(6-10)8-17-11-4-5-16-12(7-11)13(15)18/h1-7H,8,14H2,(H2,15,18)(H,16,17). The van der Waals surface area contributed by atoms with E-state index in [1.54, 1.807) is 18.3 Å². The van der Waals surface area contributed by atoms with Crippen molar-refractivity contribution < 1.29 is 4.79 Å². The maximum absolute atomic E-state index is 11.0. The van der Waals surface area contributed by atoms with Crippen molar-refractivity contribution in [1.29, 1.82) is 0 Å². The monoisotopic (exact) mass is 242 g/mol. The molecule has 18 heavy (non-hydrogen) atoms. The van der Waals surface area contributed by atoms with Crippen molar-refractivity contribution in [3.8, 4) is 0 Å². The molecule has 1 amide bonds. The molecule has 0 aliphatic heterocycles. The SMILES string of the molecule is NC(=O)c1cc(NCc2cccc(N)c2)ccn1. The summed E-state index contributed by atoms with van der Waals surface area (Å²) >= 11 is 0. The first-order valence-electron chi connectivity index (χ1n) is 5.49. The molecule has 1 aromatic carbocycles. The zero-order chi connectivity index (χ0) is 13.0. The molecule has 5 N–H and O–H groups in total. The summed E-state index contributed by atoms with van der Waals surface area (Å²) in [4.78, 5) is 14.9. The molecule has 92 valence electrons. The smallest absolute Gasteiger partial charge is 0.267 e. The number of aromatic nitrogens is 1. The second-order valence-corrected chi connectivity index (χ2v) is 3.89. The van der Waals surface area contributed by atoms with Gasteiger partial charge in [0.25, 0.3) is 5.91 Å². The minimum Gasteiger partial charge on any atom is -0.399 e. The first-order valence-corrected chi connectivity index (χ1v) is 5.49. The van der Waals surface area contributed by atoms with Crippen molar-refractivity contribution in [3.05, 3.63) is 53.9 Å². The number of pyridine rings is 1. The number of nitrogens with zero attached hydrogens (tertiary/aromatic N) is 1. The lowest BCUT2D eigenvalue weighted by atomic mass is 10.2. The van der Waals surface area contributed by atoms with Gasteiger partial charge in [-0.3, -0.25) is 9.78 Å². The number of carbonyl (C=O) groups is 1. The molecule has 0 aliphatic rings. The van der Waals surface area contributed by atoms with Crippen LogP contribution in [0.25, 0.3) is 0 Å². The molecule has 0 aliphatic carbocycles. The number of rotatable bonds is 4. The average molecular weight is 242 g/mol. The fraction of sp³-hybridized carbons (Fsp3) is 0.0769. The van der Waals surface area contributed by atoms with E-state index in [0.29, 0.717) is 6.54 Å². The Balaban J connectivity index is 2.06. The molecular weight excluding hydrogens is 228 g/mol. The van der Waals surface area contributed by atoms with Crippen molar-refractivity contribution in [2.75, 3.05) is 11.1 Å². The van der Waals surface area contributed by atoms with Gasteiger partial charge in [0.15, 0.2) is 0 Å². The summed E-state index contributed by atoms with van der Waals surface area (Å²) in [5.41, 5.74) is 13.7. The predicted octanol–water partition coefficient (Wildman–Crippen LogP) is 1.37. The van der Waals surface area contributed by atoms with Crippen LogP contribution in [0.5, 0.6) is 0 Å². The maximum Gasteiger partial charge on any atom is 0.267 e. The Labute approximate surface area is 105 Å². The van der Waals surface area contributed by atoms with Crippen LogP contribution in [0.4, 0.5) is 11.4 Å². The lowest BCUT2D eigenvalue weighted by Gasteiger charge is -2.07. The van der Waals surface area contributed by atoms with Crippen LogP contribution in [-0.4, -0.2) is 10.9 Å². The average Bonchev–Trinajstić information content (AvgIpc) is 2.37. The van der Waals surface area contributed by atoms with Crippen LogP contribution in [-0.2, 0) is 6.54 Å². The summed E-state index contributed by atoms with van der Waals surface area (Å²) < 4.78 is 0. The van der Waals surface area contributed by atoms with Crippen LogP contribution in [0.2, 0.25) is 0 Å². The second-order valence-electron chi connectivity index (χ2n) is 3.89. The molecule has 0 saturated carbocycles. The molecule has 0 saturated heterocycles. The highest BCUT2D eigenvalue weighted by atomic mass is 16.1. The Morgan fingerprint density at radius 2 is 2.11 bits per heavy atom. The van der Waals surface area contributed by atoms with E-state index < -0.39 is 5.91 Å². The maximum atomic E-state index is 11.0. The van der Waals surface area contributed by atoms with Crippen molar-refractivity contribution in [1.82, 2.24) is 4.98 Å². The van der Waals surface area contributed by atoms with Crippen LogP contribution in [0, 0.1) is 0 Å². The van der Waals surface area contributed by atoms with Gasteiger partial charge < -0.3 is 16.8 Å². The van der Waals surface area contributed by atoms with E-state index in [1.807, 2.05) is 24.3 Å². The fourth-order valence-electron chi connectivity index (χ4n) is 1.58. The number of carbonyl (C=O) groups excluding carboxylic acids is 1. The quantitative estimate of drug-likeness (QED) is 0.706. The van der Waals surface area contributed by atoms with E-state index in [0.717, 1.165) is 16.9 Å². The van der Waals surface area contributed by atoms with E-state index in [4.69, 9.17) is 11.5 Å². The topological polar surface area (TPSA) is 94.0 Å². The number of benzene rings is 1. The van der Waals surface area contributed by atoms with Crippen LogP contribution in [0.15, 0.2) is 42.6 Å². The summed E-state index contributed by atoms with van der Waals surface area (Å²) in [5, 5.41) is 3.18. The zero-order valence-electron chi connectivity index (χ0n) is 9.76. The first kappa shape index (κ1) is 11.9. The Hall–Kier alpha value is -2.56. The summed E-state index contributed by atoms with van der Waals surface area (Å²) in [6, 6.07) is 11.0. The molecule has 0 fully saturated rings. The Kier molecular flexibility index (Phi) is 3.43. The summed E-state index contributed by atoms with van der Waals surface area (Å²) in [7, 11) is 0. The van der Waals surface area contributed by atoms with E-state index in [2.05, 4.69) is 10.3 Å². The normalized spacial score (nSPS) is 10.0. The molecule has 1 heterocycles. The minimum absolute atomic E-state index is 0.243. The number of hydrogen-bond donors (Lipinski definition) is 3. The van der Waals surface area contributed by atoms with Crippen LogP contribution in [0.3, 0.4) is 0 Å². The molecule has 2 aromatic rings. The number of hydrogen-bond acceptors (Lipinski definition) is 4. The highest BCUT2D eigenvalue weighted by Crippen LogP contribution is 2.11. The van der Waals surface area contributed by atoms with Gasteiger partial charge >= 0.3 is 0 Å². The molecule has 0 bridgehead atoms. The van der Waals surface area contributed by atoms with Gasteiger partial charge in [-0.25, -0.2) is 0 Å². The predicted molar refractivity (Wildman–Crippen MR) is 70.9 cm³/mol. The van der Waals surface area contributed by atoms with E-state index >= 15 is 0 Å². The summed E-state index contributed by atoms with van der Waals surface area (Å²) in [6.07, 6.45) is 1.54. The third kappa shape index (κ3) is 2.98. The van der Waals surface area contributed by atoms with Crippen LogP contribution >= 0.6 is 0 Å². The molecule has 5 nitrogen and oxygen atoms in total. The number of nitrogens with two attached hydrogens (primary N) is 2. The lowest BCUT2D eigenvalue weighted by molar-refractivity contribution is 0.0995. The summed E-state index contributed by atoms with van der Waals surface area (Å²) in [6.45, 7) is 0.618. The molecule has 0 radical (unpaired) electrons. The van der Waals surface area contributed by atoms with E-state index in [-0.39, 0.29) is 5.69 Å². The van der Waals surface area contributed by atoms with Gasteiger partial charge in [0.1, 0.15) is 5.69 Å². The van der Waals surface area contributed by atoms with Crippen molar-refractivity contribution in [3.63, 3.8) is 0 Å². The van der Waals surface area contributed by atoms with Crippen LogP contribution in [0.1, 0.15) is 16.1 Å². The second kappa shape index (κ2) is 5.18. The molecule has 1 aromatic heterocycles. The summed E-state index contributed by atoms with van der Waals surface area (Å²) in [5.74, 6) is -0.539. The largest absolute Gasteiger partial charge is 0.399 e. The molecule has 0 atom stereocenters. The van der Waals surface area contributed by atoms with Gasteiger partial charge in [0.2, 0.25) is 0 Å². The number of nitrogen functional groups attached to an aromatic ring is 1. The number of anilines is 2. The van der Waals surface area contributed by atoms with Gasteiger partial charge in [-0.1, -0.05) is 12.1 Å². The van der Waals surface area contributed by atoms with Gasteiger partial charge in [0, 0.05) is 24.1 Å². The van der Waals surface area contributed by atoms with E-state index in [9.17, 15) is 4.79 Å². The third-order valence-electron chi connectivity index (χ3n) is 2.46. The highest BCUT2D eigenvalue weighted by Gasteiger charge is 2.02. The fourth-order valence-corrected chi connectivity index (χ4v) is 1.58. The zero-order valence-corrected chi connectivity index (χ0v) is 9.76. The number of primary amides is 1. The van der Waals surface area contributed by atoms with Gasteiger partial charge in [-0.15, -0.1) is 0 Å². The van der Waals surface area contributed by atoms with Crippen LogP contribution < -0.4 is 16.8 Å².